The second-order valence-corrected chi connectivity index (χ2v) is 11.0. The van der Waals surface area contributed by atoms with Crippen molar-refractivity contribution in [2.45, 2.75) is 44.2 Å². The van der Waals surface area contributed by atoms with Crippen molar-refractivity contribution < 1.29 is 9.53 Å². The lowest BCUT2D eigenvalue weighted by atomic mass is 10.0. The molecule has 2 aliphatic heterocycles. The van der Waals surface area contributed by atoms with Gasteiger partial charge in [-0.05, 0) is 76.1 Å². The van der Waals surface area contributed by atoms with Crippen molar-refractivity contribution in [3.63, 3.8) is 0 Å². The van der Waals surface area contributed by atoms with Crippen LogP contribution in [0.2, 0.25) is 0 Å². The average Bonchev–Trinajstić information content (AvgIpc) is 3.67. The van der Waals surface area contributed by atoms with E-state index in [2.05, 4.69) is 44.6 Å². The Morgan fingerprint density at radius 1 is 1.08 bits per heavy atom. The van der Waals surface area contributed by atoms with E-state index in [9.17, 15) is 4.79 Å². The predicted octanol–water partition coefficient (Wildman–Crippen LogP) is 3.56. The summed E-state index contributed by atoms with van der Waals surface area (Å²) in [7, 11) is 2.15. The lowest BCUT2D eigenvalue weighted by Gasteiger charge is -2.34. The number of benzene rings is 1. The third-order valence-electron chi connectivity index (χ3n) is 7.94. The molecule has 3 aliphatic rings. The molecule has 2 saturated heterocycles. The number of aromatic nitrogens is 3. The van der Waals surface area contributed by atoms with Gasteiger partial charge in [0, 0.05) is 67.7 Å². The number of piperazine rings is 1. The molecule has 1 saturated carbocycles. The number of aryl methyl sites for hydroxylation is 1. The van der Waals surface area contributed by atoms with E-state index in [1.54, 1.807) is 6.20 Å². The summed E-state index contributed by atoms with van der Waals surface area (Å²) in [5.41, 5.74) is 10.2. The van der Waals surface area contributed by atoms with E-state index >= 15 is 0 Å². The summed E-state index contributed by atoms with van der Waals surface area (Å²) in [6, 6.07) is 12.2. The minimum absolute atomic E-state index is 0.0104. The number of pyridine rings is 1. The van der Waals surface area contributed by atoms with Crippen LogP contribution >= 0.6 is 0 Å². The SMILES string of the molecule is Cc1cc(-c2nc(C(N)=O)c(Nc3ccc(N4CCN(C)CC4)cc3)nc2NC2CCOC3(CC3)C2)ccn1. The molecule has 1 atom stereocenters. The molecule has 4 N–H and O–H groups in total. The number of rotatable bonds is 7. The monoisotopic (exact) mass is 528 g/mol. The number of anilines is 4. The Bertz CT molecular complexity index is 1350. The summed E-state index contributed by atoms with van der Waals surface area (Å²) >= 11 is 0. The first-order valence-electron chi connectivity index (χ1n) is 13.7. The second-order valence-electron chi connectivity index (χ2n) is 11.0. The number of amides is 1. The van der Waals surface area contributed by atoms with Crippen LogP contribution in [0.15, 0.2) is 42.6 Å². The van der Waals surface area contributed by atoms with Crippen LogP contribution < -0.4 is 21.3 Å². The maximum Gasteiger partial charge on any atom is 0.271 e. The topological polar surface area (TPSA) is 122 Å². The van der Waals surface area contributed by atoms with Gasteiger partial charge in [0.15, 0.2) is 17.3 Å². The molecule has 10 nitrogen and oxygen atoms in total. The van der Waals surface area contributed by atoms with Gasteiger partial charge < -0.3 is 30.9 Å². The van der Waals surface area contributed by atoms with Crippen LogP contribution in [-0.2, 0) is 4.74 Å². The van der Waals surface area contributed by atoms with Gasteiger partial charge in [-0.3, -0.25) is 9.78 Å². The highest BCUT2D eigenvalue weighted by Gasteiger charge is 2.47. The smallest absolute Gasteiger partial charge is 0.271 e. The number of carbonyl (C=O) groups excluding carboxylic acids is 1. The number of hydrogen-bond acceptors (Lipinski definition) is 9. The minimum atomic E-state index is -0.638. The van der Waals surface area contributed by atoms with Gasteiger partial charge in [-0.1, -0.05) is 0 Å². The molecular weight excluding hydrogens is 492 g/mol. The predicted molar refractivity (Wildman–Crippen MR) is 153 cm³/mol. The van der Waals surface area contributed by atoms with Crippen LogP contribution in [0, 0.1) is 6.92 Å². The van der Waals surface area contributed by atoms with E-state index < -0.39 is 5.91 Å². The van der Waals surface area contributed by atoms with Gasteiger partial charge in [-0.25, -0.2) is 9.97 Å². The molecule has 39 heavy (non-hydrogen) atoms. The van der Waals surface area contributed by atoms with E-state index in [4.69, 9.17) is 20.4 Å². The zero-order valence-corrected chi connectivity index (χ0v) is 22.6. The Hall–Kier alpha value is -3.76. The minimum Gasteiger partial charge on any atom is -0.375 e. The van der Waals surface area contributed by atoms with E-state index in [0.717, 1.165) is 75.4 Å². The van der Waals surface area contributed by atoms with E-state index in [0.29, 0.717) is 17.3 Å². The van der Waals surface area contributed by atoms with Gasteiger partial charge in [-0.15, -0.1) is 0 Å². The first-order chi connectivity index (χ1) is 18.9. The largest absolute Gasteiger partial charge is 0.375 e. The molecule has 204 valence electrons. The lowest BCUT2D eigenvalue weighted by molar-refractivity contribution is -0.00884. The molecule has 1 spiro atoms. The third-order valence-corrected chi connectivity index (χ3v) is 7.94. The number of carbonyl (C=O) groups is 1. The number of nitrogens with two attached hydrogens (primary N) is 1. The average molecular weight is 529 g/mol. The molecule has 0 radical (unpaired) electrons. The fraction of sp³-hybridized carbons (Fsp3) is 0.448. The zero-order chi connectivity index (χ0) is 27.0. The van der Waals surface area contributed by atoms with Crippen LogP contribution in [0.5, 0.6) is 0 Å². The zero-order valence-electron chi connectivity index (χ0n) is 22.6. The number of hydrogen-bond donors (Lipinski definition) is 3. The molecule has 1 aromatic carbocycles. The van der Waals surface area contributed by atoms with Crippen molar-refractivity contribution >= 4 is 28.9 Å². The quantitative estimate of drug-likeness (QED) is 0.422. The van der Waals surface area contributed by atoms with Crippen LogP contribution in [0.4, 0.5) is 23.0 Å². The number of likely N-dealkylation sites (N-methyl/N-ethyl adjacent to an activating group) is 1. The van der Waals surface area contributed by atoms with Crippen molar-refractivity contribution in [1.82, 2.24) is 19.9 Å². The molecule has 1 aliphatic carbocycles. The van der Waals surface area contributed by atoms with E-state index in [-0.39, 0.29) is 17.3 Å². The fourth-order valence-corrected chi connectivity index (χ4v) is 5.48. The van der Waals surface area contributed by atoms with Gasteiger partial charge in [0.2, 0.25) is 0 Å². The third kappa shape index (κ3) is 5.67. The first kappa shape index (κ1) is 25.5. The van der Waals surface area contributed by atoms with E-state index in [1.165, 1.54) is 5.69 Å². The standard InChI is InChI=1S/C29H36N8O2/c1-19-17-20(7-11-31-19)24-27(33-22-8-16-39-29(18-22)9-10-29)35-28(25(34-24)26(30)38)32-21-3-5-23(6-4-21)37-14-12-36(2)13-15-37/h3-7,11,17,22H,8-10,12-16,18H2,1-2H3,(H2,30,38)(H2,32,33,35). The molecule has 1 unspecified atom stereocenters. The Labute approximate surface area is 229 Å². The fourth-order valence-electron chi connectivity index (χ4n) is 5.48. The van der Waals surface area contributed by atoms with Crippen LogP contribution in [-0.4, -0.2) is 77.2 Å². The molecule has 3 aromatic rings. The first-order valence-corrected chi connectivity index (χ1v) is 13.7. The molecule has 1 amide bonds. The normalized spacial score (nSPS) is 20.6. The second kappa shape index (κ2) is 10.4. The summed E-state index contributed by atoms with van der Waals surface area (Å²) in [6.07, 6.45) is 5.75. The van der Waals surface area contributed by atoms with Gasteiger partial charge in [0.1, 0.15) is 5.69 Å². The van der Waals surface area contributed by atoms with Crippen LogP contribution in [0.3, 0.4) is 0 Å². The van der Waals surface area contributed by atoms with Crippen molar-refractivity contribution in [2.24, 2.45) is 5.73 Å². The Balaban J connectivity index is 1.31. The van der Waals surface area contributed by atoms with Crippen molar-refractivity contribution in [3.05, 3.63) is 54.0 Å². The van der Waals surface area contributed by atoms with Crippen molar-refractivity contribution in [2.75, 3.05) is 55.4 Å². The molecule has 4 heterocycles. The van der Waals surface area contributed by atoms with Gasteiger partial charge in [0.05, 0.1) is 5.60 Å². The molecular formula is C29H36N8O2. The van der Waals surface area contributed by atoms with Crippen molar-refractivity contribution in [3.8, 4) is 11.3 Å². The van der Waals surface area contributed by atoms with Gasteiger partial charge >= 0.3 is 0 Å². The number of primary amides is 1. The Kier molecular flexibility index (Phi) is 6.82. The molecule has 10 heteroatoms. The number of nitrogens with one attached hydrogen (secondary N) is 2. The van der Waals surface area contributed by atoms with Crippen molar-refractivity contribution in [1.29, 1.82) is 0 Å². The molecule has 6 rings (SSSR count). The molecule has 2 aromatic heterocycles. The van der Waals surface area contributed by atoms with E-state index in [1.807, 2.05) is 31.2 Å². The Morgan fingerprint density at radius 3 is 2.54 bits per heavy atom. The number of ether oxygens (including phenoxy) is 1. The summed E-state index contributed by atoms with van der Waals surface area (Å²) < 4.78 is 6.02. The maximum absolute atomic E-state index is 12.6. The molecule has 0 bridgehead atoms. The molecule has 3 fully saturated rings. The summed E-state index contributed by atoms with van der Waals surface area (Å²) in [6.45, 7) is 6.74. The summed E-state index contributed by atoms with van der Waals surface area (Å²) in [5, 5.41) is 6.94. The maximum atomic E-state index is 12.6. The highest BCUT2D eigenvalue weighted by molar-refractivity contribution is 5.97. The number of nitrogens with zero attached hydrogens (tertiary/aromatic N) is 5. The van der Waals surface area contributed by atoms with Crippen LogP contribution in [0.1, 0.15) is 41.9 Å². The summed E-state index contributed by atoms with van der Waals surface area (Å²) in [4.78, 5) is 31.3. The highest BCUT2D eigenvalue weighted by Crippen LogP contribution is 2.47. The lowest BCUT2D eigenvalue weighted by Crippen LogP contribution is -2.44. The van der Waals surface area contributed by atoms with Gasteiger partial charge in [-0.2, -0.15) is 0 Å². The van der Waals surface area contributed by atoms with Gasteiger partial charge in [0.25, 0.3) is 5.91 Å². The van der Waals surface area contributed by atoms with Crippen LogP contribution in [0.25, 0.3) is 11.3 Å². The summed E-state index contributed by atoms with van der Waals surface area (Å²) in [5.74, 6) is 0.311. The highest BCUT2D eigenvalue weighted by atomic mass is 16.5. The Morgan fingerprint density at radius 2 is 1.85 bits per heavy atom.